The van der Waals surface area contributed by atoms with Crippen LogP contribution in [0, 0.1) is 6.92 Å². The van der Waals surface area contributed by atoms with E-state index in [1.807, 2.05) is 16.1 Å². The molecule has 2 aromatic heterocycles. The van der Waals surface area contributed by atoms with Gasteiger partial charge in [-0.25, -0.2) is 0 Å². The molecule has 0 fully saturated rings. The van der Waals surface area contributed by atoms with E-state index in [1.165, 1.54) is 5.56 Å². The molecule has 0 bridgehead atoms. The molecule has 0 aliphatic carbocycles. The number of hydrogen-bond donors (Lipinski definition) is 0. The van der Waals surface area contributed by atoms with Gasteiger partial charge in [0.05, 0.1) is 9.90 Å². The molecule has 2 rings (SSSR count). The Labute approximate surface area is 98.5 Å². The molecule has 0 atom stereocenters. The second-order valence-electron chi connectivity index (χ2n) is 3.83. The van der Waals surface area contributed by atoms with Gasteiger partial charge in [0.1, 0.15) is 5.69 Å². The van der Waals surface area contributed by atoms with Crippen LogP contribution in [0.15, 0.2) is 17.6 Å². The first-order valence-electron chi connectivity index (χ1n) is 4.88. The maximum absolute atomic E-state index is 6.10. The molecule has 2 nitrogen and oxygen atoms in total. The Morgan fingerprint density at radius 1 is 1.47 bits per heavy atom. The number of rotatable bonds is 2. The minimum atomic E-state index is 0.385. The fourth-order valence-corrected chi connectivity index (χ4v) is 2.63. The molecule has 0 aliphatic rings. The quantitative estimate of drug-likeness (QED) is 0.771. The maximum atomic E-state index is 6.10. The Balaban J connectivity index is 2.50. The average Bonchev–Trinajstić information content (AvgIpc) is 2.71. The second kappa shape index (κ2) is 3.99. The summed E-state index contributed by atoms with van der Waals surface area (Å²) in [4.78, 5) is 1.06. The zero-order chi connectivity index (χ0) is 11.0. The molecular weight excluding hydrogens is 228 g/mol. The Hall–Kier alpha value is -0.800. The Morgan fingerprint density at radius 3 is 2.67 bits per heavy atom. The average molecular weight is 241 g/mol. The van der Waals surface area contributed by atoms with E-state index in [0.29, 0.717) is 6.04 Å². The van der Waals surface area contributed by atoms with Crippen molar-refractivity contribution in [1.82, 2.24) is 9.78 Å². The lowest BCUT2D eigenvalue weighted by atomic mass is 10.2. The lowest BCUT2D eigenvalue weighted by Crippen LogP contribution is -2.00. The highest BCUT2D eigenvalue weighted by atomic mass is 35.5. The lowest BCUT2D eigenvalue weighted by Gasteiger charge is -2.03. The summed E-state index contributed by atoms with van der Waals surface area (Å²) < 4.78 is 1.97. The van der Waals surface area contributed by atoms with Gasteiger partial charge in [-0.05, 0) is 37.8 Å². The lowest BCUT2D eigenvalue weighted by molar-refractivity contribution is 0.534. The molecule has 0 saturated heterocycles. The van der Waals surface area contributed by atoms with Crippen molar-refractivity contribution >= 4 is 22.9 Å². The van der Waals surface area contributed by atoms with Gasteiger partial charge >= 0.3 is 0 Å². The summed E-state index contributed by atoms with van der Waals surface area (Å²) in [6, 6.07) is 2.30. The molecule has 0 radical (unpaired) electrons. The molecule has 0 aromatic carbocycles. The van der Waals surface area contributed by atoms with Crippen LogP contribution < -0.4 is 0 Å². The first-order valence-corrected chi connectivity index (χ1v) is 6.14. The molecule has 15 heavy (non-hydrogen) atoms. The van der Waals surface area contributed by atoms with Crippen LogP contribution in [0.3, 0.4) is 0 Å². The summed E-state index contributed by atoms with van der Waals surface area (Å²) in [5, 5.41) is 7.34. The van der Waals surface area contributed by atoms with E-state index in [-0.39, 0.29) is 0 Å². The molecule has 80 valence electrons. The van der Waals surface area contributed by atoms with Crippen molar-refractivity contribution in [2.45, 2.75) is 26.8 Å². The molecule has 2 heterocycles. The van der Waals surface area contributed by atoms with Gasteiger partial charge in [-0.1, -0.05) is 11.6 Å². The summed E-state index contributed by atoms with van der Waals surface area (Å²) in [5.41, 5.74) is 2.18. The van der Waals surface area contributed by atoms with Gasteiger partial charge in [0.15, 0.2) is 0 Å². The highest BCUT2D eigenvalue weighted by molar-refractivity contribution is 7.14. The van der Waals surface area contributed by atoms with Gasteiger partial charge < -0.3 is 0 Å². The fourth-order valence-electron chi connectivity index (χ4n) is 1.43. The number of nitrogens with zero attached hydrogens (tertiary/aromatic N) is 2. The van der Waals surface area contributed by atoms with Crippen LogP contribution in [0.2, 0.25) is 5.02 Å². The third-order valence-electron chi connectivity index (χ3n) is 2.28. The smallest absolute Gasteiger partial charge is 0.107 e. The molecule has 0 saturated carbocycles. The molecule has 0 N–H and O–H groups in total. The van der Waals surface area contributed by atoms with Gasteiger partial charge in [0, 0.05) is 12.2 Å². The largest absolute Gasteiger partial charge is 0.269 e. The maximum Gasteiger partial charge on any atom is 0.107 e. The van der Waals surface area contributed by atoms with Gasteiger partial charge in [-0.15, -0.1) is 11.3 Å². The Bertz CT molecular complexity index is 471. The summed E-state index contributed by atoms with van der Waals surface area (Å²) in [6.45, 7) is 6.30. The minimum Gasteiger partial charge on any atom is -0.269 e. The minimum absolute atomic E-state index is 0.385. The third-order valence-corrected chi connectivity index (χ3v) is 3.62. The number of halogens is 1. The highest BCUT2D eigenvalue weighted by Gasteiger charge is 2.13. The third kappa shape index (κ3) is 1.94. The molecule has 0 amide bonds. The summed E-state index contributed by atoms with van der Waals surface area (Å²) >= 11 is 7.73. The van der Waals surface area contributed by atoms with Crippen molar-refractivity contribution in [2.75, 3.05) is 0 Å². The van der Waals surface area contributed by atoms with Crippen LogP contribution >= 0.6 is 22.9 Å². The zero-order valence-electron chi connectivity index (χ0n) is 8.99. The standard InChI is InChI=1S/C11H13ClN2S/c1-7(2)14-6-8(3)10(13-14)11-9(12)4-5-15-11/h4-7H,1-3H3. The van der Waals surface area contributed by atoms with E-state index in [4.69, 9.17) is 11.6 Å². The first-order chi connectivity index (χ1) is 7.09. The van der Waals surface area contributed by atoms with E-state index in [0.717, 1.165) is 15.6 Å². The SMILES string of the molecule is Cc1cn(C(C)C)nc1-c1sccc1Cl. The van der Waals surface area contributed by atoms with Gasteiger partial charge in [0.25, 0.3) is 0 Å². The monoisotopic (exact) mass is 240 g/mol. The molecule has 2 aromatic rings. The summed E-state index contributed by atoms with van der Waals surface area (Å²) in [7, 11) is 0. The van der Waals surface area contributed by atoms with E-state index >= 15 is 0 Å². The van der Waals surface area contributed by atoms with Crippen LogP contribution in [0.5, 0.6) is 0 Å². The van der Waals surface area contributed by atoms with E-state index in [1.54, 1.807) is 11.3 Å². The summed E-state index contributed by atoms with van der Waals surface area (Å²) in [5.74, 6) is 0. The Morgan fingerprint density at radius 2 is 2.20 bits per heavy atom. The summed E-state index contributed by atoms with van der Waals surface area (Å²) in [6.07, 6.45) is 2.07. The molecule has 0 aliphatic heterocycles. The highest BCUT2D eigenvalue weighted by Crippen LogP contribution is 2.34. The van der Waals surface area contributed by atoms with Crippen molar-refractivity contribution in [1.29, 1.82) is 0 Å². The predicted molar refractivity (Wildman–Crippen MR) is 65.7 cm³/mol. The Kier molecular flexibility index (Phi) is 2.85. The number of aromatic nitrogens is 2. The van der Waals surface area contributed by atoms with Crippen LogP contribution in [0.1, 0.15) is 25.5 Å². The van der Waals surface area contributed by atoms with Crippen molar-refractivity contribution in [3.05, 3.63) is 28.2 Å². The van der Waals surface area contributed by atoms with Crippen LogP contribution in [0.25, 0.3) is 10.6 Å². The van der Waals surface area contributed by atoms with Crippen LogP contribution in [-0.2, 0) is 0 Å². The van der Waals surface area contributed by atoms with Crippen molar-refractivity contribution in [3.8, 4) is 10.6 Å². The number of thiophene rings is 1. The van der Waals surface area contributed by atoms with Crippen LogP contribution in [0.4, 0.5) is 0 Å². The van der Waals surface area contributed by atoms with Gasteiger partial charge in [-0.3, -0.25) is 4.68 Å². The van der Waals surface area contributed by atoms with E-state index in [9.17, 15) is 0 Å². The fraction of sp³-hybridized carbons (Fsp3) is 0.364. The van der Waals surface area contributed by atoms with Crippen molar-refractivity contribution < 1.29 is 0 Å². The second-order valence-corrected chi connectivity index (χ2v) is 5.16. The van der Waals surface area contributed by atoms with Gasteiger partial charge in [0.2, 0.25) is 0 Å². The van der Waals surface area contributed by atoms with Gasteiger partial charge in [-0.2, -0.15) is 5.10 Å². The molecule has 0 spiro atoms. The van der Waals surface area contributed by atoms with Crippen molar-refractivity contribution in [3.63, 3.8) is 0 Å². The predicted octanol–water partition coefficient (Wildman–Crippen LogP) is 4.15. The number of aryl methyl sites for hydroxylation is 1. The number of hydrogen-bond acceptors (Lipinski definition) is 2. The molecular formula is C11H13ClN2S. The van der Waals surface area contributed by atoms with Crippen molar-refractivity contribution in [2.24, 2.45) is 0 Å². The van der Waals surface area contributed by atoms with Crippen LogP contribution in [-0.4, -0.2) is 9.78 Å². The zero-order valence-corrected chi connectivity index (χ0v) is 10.6. The van der Waals surface area contributed by atoms with E-state index in [2.05, 4.69) is 32.1 Å². The van der Waals surface area contributed by atoms with E-state index < -0.39 is 0 Å². The molecule has 4 heteroatoms. The topological polar surface area (TPSA) is 17.8 Å². The first kappa shape index (κ1) is 10.7. The normalized spacial score (nSPS) is 11.3. The molecule has 0 unspecified atom stereocenters.